The van der Waals surface area contributed by atoms with Crippen LogP contribution in [0, 0.1) is 11.8 Å². The molecule has 2 aliphatic rings. The minimum Gasteiger partial charge on any atom is -0.302 e. The molecule has 0 amide bonds. The van der Waals surface area contributed by atoms with E-state index in [0.29, 0.717) is 16.7 Å². The maximum atomic E-state index is 10.5. The fourth-order valence-electron chi connectivity index (χ4n) is 1.25. The third kappa shape index (κ3) is 0.954. The normalized spacial score (nSPS) is 38.3. The van der Waals surface area contributed by atoms with E-state index in [1.54, 1.807) is 6.08 Å². The molecule has 0 aromatic carbocycles. The van der Waals surface area contributed by atoms with Gasteiger partial charge in [-0.15, -0.1) is 0 Å². The molecule has 3 atom stereocenters. The maximum Gasteiger partial charge on any atom is 0.186 e. The average molecular weight is 156 g/mol. The number of hydrogen-bond donors (Lipinski definition) is 1. The minimum absolute atomic E-state index is 0.566. The lowest BCUT2D eigenvalue weighted by atomic mass is 10.2. The molecular formula is C7H8O2S. The highest BCUT2D eigenvalue weighted by molar-refractivity contribution is 7.83. The lowest BCUT2D eigenvalue weighted by molar-refractivity contribution is 0.571. The molecule has 0 bridgehead atoms. The molecule has 1 saturated carbocycles. The van der Waals surface area contributed by atoms with E-state index in [1.165, 1.54) is 0 Å². The number of hydrogen-bond acceptors (Lipinski definition) is 1. The second kappa shape index (κ2) is 2.04. The zero-order chi connectivity index (χ0) is 7.14. The fourth-order valence-corrected chi connectivity index (χ4v) is 1.74. The highest BCUT2D eigenvalue weighted by Crippen LogP contribution is 2.44. The molecule has 0 aromatic rings. The van der Waals surface area contributed by atoms with Crippen molar-refractivity contribution in [2.45, 2.75) is 6.42 Å². The second-order valence-electron chi connectivity index (χ2n) is 2.74. The number of allylic oxidation sites excluding steroid dienone is 3. The summed E-state index contributed by atoms with van der Waals surface area (Å²) >= 11 is -1.77. The van der Waals surface area contributed by atoms with Gasteiger partial charge < -0.3 is 4.55 Å². The molecule has 3 heteroatoms. The Kier molecular flexibility index (Phi) is 1.28. The third-order valence-electron chi connectivity index (χ3n) is 1.98. The predicted octanol–water partition coefficient (Wildman–Crippen LogP) is 1.30. The van der Waals surface area contributed by atoms with E-state index in [9.17, 15) is 4.21 Å². The number of rotatable bonds is 1. The molecule has 0 aliphatic heterocycles. The van der Waals surface area contributed by atoms with E-state index in [-0.39, 0.29) is 0 Å². The van der Waals surface area contributed by atoms with Crippen molar-refractivity contribution in [3.8, 4) is 0 Å². The van der Waals surface area contributed by atoms with Crippen LogP contribution in [-0.2, 0) is 11.1 Å². The highest BCUT2D eigenvalue weighted by Gasteiger charge is 2.35. The molecule has 0 aromatic heterocycles. The van der Waals surface area contributed by atoms with Crippen LogP contribution < -0.4 is 0 Å². The molecule has 54 valence electrons. The van der Waals surface area contributed by atoms with Gasteiger partial charge in [0.25, 0.3) is 0 Å². The van der Waals surface area contributed by atoms with E-state index in [0.717, 1.165) is 6.42 Å². The van der Waals surface area contributed by atoms with Gasteiger partial charge in [-0.05, 0) is 24.3 Å². The Morgan fingerprint density at radius 3 is 3.00 bits per heavy atom. The first-order valence-corrected chi connectivity index (χ1v) is 4.39. The third-order valence-corrected chi connectivity index (χ3v) is 2.65. The molecule has 2 rings (SSSR count). The van der Waals surface area contributed by atoms with Crippen LogP contribution in [0.3, 0.4) is 0 Å². The van der Waals surface area contributed by atoms with E-state index < -0.39 is 11.1 Å². The molecular weight excluding hydrogens is 148 g/mol. The van der Waals surface area contributed by atoms with Gasteiger partial charge in [-0.1, -0.05) is 12.2 Å². The first-order chi connectivity index (χ1) is 4.77. The standard InChI is InChI=1S/C7H8O2S/c8-10(9)7-2-1-5-3-6(5)4-7/h1-2,4-6H,3H2,(H,8,9). The molecule has 3 unspecified atom stereocenters. The topological polar surface area (TPSA) is 37.3 Å². The summed E-state index contributed by atoms with van der Waals surface area (Å²) in [5, 5.41) is 0. The van der Waals surface area contributed by atoms with Crippen molar-refractivity contribution in [2.24, 2.45) is 11.8 Å². The Morgan fingerprint density at radius 2 is 2.40 bits per heavy atom. The van der Waals surface area contributed by atoms with Crippen molar-refractivity contribution in [3.63, 3.8) is 0 Å². The molecule has 0 heterocycles. The molecule has 1 fully saturated rings. The molecule has 0 spiro atoms. The van der Waals surface area contributed by atoms with Crippen LogP contribution in [0.15, 0.2) is 23.1 Å². The molecule has 0 saturated heterocycles. The van der Waals surface area contributed by atoms with E-state index >= 15 is 0 Å². The Labute approximate surface area is 61.9 Å². The Bertz CT molecular complexity index is 242. The lowest BCUT2D eigenvalue weighted by Gasteiger charge is -1.99. The fraction of sp³-hybridized carbons (Fsp3) is 0.429. The van der Waals surface area contributed by atoms with E-state index in [1.807, 2.05) is 12.2 Å². The van der Waals surface area contributed by atoms with Crippen LogP contribution in [0.4, 0.5) is 0 Å². The highest BCUT2D eigenvalue weighted by atomic mass is 32.2. The second-order valence-corrected chi connectivity index (χ2v) is 3.71. The van der Waals surface area contributed by atoms with Crippen molar-refractivity contribution in [1.82, 2.24) is 0 Å². The molecule has 10 heavy (non-hydrogen) atoms. The first kappa shape index (κ1) is 6.31. The van der Waals surface area contributed by atoms with Gasteiger partial charge in [-0.2, -0.15) is 0 Å². The summed E-state index contributed by atoms with van der Waals surface area (Å²) in [5.41, 5.74) is 0. The zero-order valence-electron chi connectivity index (χ0n) is 5.36. The molecule has 1 N–H and O–H groups in total. The van der Waals surface area contributed by atoms with Crippen LogP contribution >= 0.6 is 0 Å². The summed E-state index contributed by atoms with van der Waals surface area (Å²) < 4.78 is 19.2. The summed E-state index contributed by atoms with van der Waals surface area (Å²) in [7, 11) is 0. The van der Waals surface area contributed by atoms with Crippen LogP contribution in [0.1, 0.15) is 6.42 Å². The van der Waals surface area contributed by atoms with Crippen molar-refractivity contribution >= 4 is 11.1 Å². The summed E-state index contributed by atoms with van der Waals surface area (Å²) in [6.45, 7) is 0. The lowest BCUT2D eigenvalue weighted by Crippen LogP contribution is -1.93. The summed E-state index contributed by atoms with van der Waals surface area (Å²) in [4.78, 5) is 0.568. The first-order valence-electron chi connectivity index (χ1n) is 3.28. The van der Waals surface area contributed by atoms with E-state index in [2.05, 4.69) is 0 Å². The molecule has 2 nitrogen and oxygen atoms in total. The minimum atomic E-state index is -1.77. The molecule has 0 radical (unpaired) electrons. The van der Waals surface area contributed by atoms with Crippen LogP contribution in [0.5, 0.6) is 0 Å². The van der Waals surface area contributed by atoms with Gasteiger partial charge in [-0.3, -0.25) is 0 Å². The van der Waals surface area contributed by atoms with Crippen molar-refractivity contribution in [1.29, 1.82) is 0 Å². The van der Waals surface area contributed by atoms with Crippen molar-refractivity contribution in [3.05, 3.63) is 23.1 Å². The quantitative estimate of drug-likeness (QED) is 0.581. The monoisotopic (exact) mass is 156 g/mol. The number of fused-ring (bicyclic) bond motifs is 1. The van der Waals surface area contributed by atoms with Crippen molar-refractivity contribution < 1.29 is 8.76 Å². The summed E-state index contributed by atoms with van der Waals surface area (Å²) in [6, 6.07) is 0. The predicted molar refractivity (Wildman–Crippen MR) is 39.6 cm³/mol. The Balaban J connectivity index is 2.23. The van der Waals surface area contributed by atoms with Gasteiger partial charge in [0.1, 0.15) is 0 Å². The van der Waals surface area contributed by atoms with Crippen LogP contribution in [0.25, 0.3) is 0 Å². The van der Waals surface area contributed by atoms with E-state index in [4.69, 9.17) is 4.55 Å². The average Bonchev–Trinajstić information content (AvgIpc) is 2.63. The van der Waals surface area contributed by atoms with Gasteiger partial charge in [0.05, 0.1) is 4.91 Å². The van der Waals surface area contributed by atoms with Crippen molar-refractivity contribution in [2.75, 3.05) is 0 Å². The largest absolute Gasteiger partial charge is 0.302 e. The SMILES string of the molecule is O=S(O)C1=CC2CC2C=C1. The van der Waals surface area contributed by atoms with Gasteiger partial charge in [0.15, 0.2) is 11.1 Å². The zero-order valence-corrected chi connectivity index (χ0v) is 6.17. The van der Waals surface area contributed by atoms with Gasteiger partial charge in [-0.25, -0.2) is 4.21 Å². The van der Waals surface area contributed by atoms with Gasteiger partial charge >= 0.3 is 0 Å². The van der Waals surface area contributed by atoms with Crippen LogP contribution in [0.2, 0.25) is 0 Å². The Hall–Kier alpha value is -0.410. The Morgan fingerprint density at radius 1 is 1.60 bits per heavy atom. The smallest absolute Gasteiger partial charge is 0.186 e. The molecule has 2 aliphatic carbocycles. The maximum absolute atomic E-state index is 10.5. The summed E-state index contributed by atoms with van der Waals surface area (Å²) in [6.07, 6.45) is 6.84. The van der Waals surface area contributed by atoms with Crippen LogP contribution in [-0.4, -0.2) is 8.76 Å². The summed E-state index contributed by atoms with van der Waals surface area (Å²) in [5.74, 6) is 1.24. The van der Waals surface area contributed by atoms with Gasteiger partial charge in [0.2, 0.25) is 0 Å². The van der Waals surface area contributed by atoms with Gasteiger partial charge in [0, 0.05) is 0 Å².